The van der Waals surface area contributed by atoms with E-state index in [0.717, 1.165) is 117 Å². The van der Waals surface area contributed by atoms with Crippen molar-refractivity contribution in [1.82, 2.24) is 9.13 Å². The number of anilines is 9. The molecule has 82 heavy (non-hydrogen) atoms. The van der Waals surface area contributed by atoms with Gasteiger partial charge in [-0.1, -0.05) is 173 Å². The van der Waals surface area contributed by atoms with Crippen molar-refractivity contribution in [2.75, 3.05) is 14.7 Å². The highest BCUT2D eigenvalue weighted by Crippen LogP contribution is 2.55. The first kappa shape index (κ1) is 46.4. The van der Waals surface area contributed by atoms with Crippen LogP contribution in [0.4, 0.5) is 51.2 Å². The van der Waals surface area contributed by atoms with E-state index in [2.05, 4.69) is 294 Å². The molecule has 2 aromatic heterocycles. The summed E-state index contributed by atoms with van der Waals surface area (Å²) in [4.78, 5) is 6.93. The molecule has 4 aliphatic rings. The Labute approximate surface area is 475 Å². The van der Waals surface area contributed by atoms with Gasteiger partial charge in [-0.3, -0.25) is 0 Å². The number of nitriles is 2. The summed E-state index contributed by atoms with van der Waals surface area (Å²) in [5.41, 5.74) is 23.1. The number of hydrogen-bond acceptors (Lipinski definition) is 5. The van der Waals surface area contributed by atoms with Crippen LogP contribution in [0.25, 0.3) is 55.0 Å². The molecular formula is C74H50BN7. The molecule has 13 aromatic rings. The summed E-state index contributed by atoms with van der Waals surface area (Å²) < 4.78 is 4.69. The van der Waals surface area contributed by atoms with Gasteiger partial charge in [0.05, 0.1) is 50.8 Å². The van der Waals surface area contributed by atoms with Crippen LogP contribution in [0.15, 0.2) is 231 Å². The number of benzene rings is 11. The van der Waals surface area contributed by atoms with Crippen molar-refractivity contribution in [3.63, 3.8) is 0 Å². The third kappa shape index (κ3) is 5.87. The maximum atomic E-state index is 12.4. The molecule has 0 N–H and O–H groups in total. The average Bonchev–Trinajstić information content (AvgIpc) is 2.36. The van der Waals surface area contributed by atoms with Crippen LogP contribution in [0.2, 0.25) is 0 Å². The number of nitrogens with zero attached hydrogens (tertiary/aromatic N) is 7. The monoisotopic (exact) mass is 1050 g/mol. The van der Waals surface area contributed by atoms with Gasteiger partial charge in [-0.05, 0) is 124 Å². The standard InChI is InChI=1S/C74H50BN7/c1-73(2)55-23-7-13-31-63(55)79(64-32-14-8-24-56(64)73)47-39-35-45(36-40-47)78(46-37-41-48(42-38-46)80-65-33-15-9-25-57(65)74(3,4)58-26-10-16-34-66(58)80)68-53(43-76)71-67-72(54(68)44-77)82-62-30-12-6-20-50(62)52-22-18-28-60(70(52)82)75(67)59-27-17-21-51-49-19-5-11-29-61(49)81(71)69(51)59/h5-42H,1-4H3. The fourth-order valence-electron chi connectivity index (χ4n) is 15.2. The van der Waals surface area contributed by atoms with Crippen LogP contribution < -0.4 is 31.1 Å². The van der Waals surface area contributed by atoms with Crippen molar-refractivity contribution in [3.8, 4) is 23.5 Å². The summed E-state index contributed by atoms with van der Waals surface area (Å²) in [5.74, 6) is 0. The van der Waals surface area contributed by atoms with Crippen molar-refractivity contribution in [2.45, 2.75) is 38.5 Å². The van der Waals surface area contributed by atoms with E-state index in [-0.39, 0.29) is 17.5 Å². The van der Waals surface area contributed by atoms with Crippen molar-refractivity contribution < 1.29 is 0 Å². The SMILES string of the molecule is CC1(C)c2ccccc2N(c2ccc(N(c3ccc(N4c5ccccc5C(C)(C)c5ccccc54)cc3)c3c(C#N)c4c5c(c3C#N)-n3c6ccccc6c6cccc(c63)B5c3cccc5c6ccccc6n-4c35)cc2)c2ccccc21. The maximum absolute atomic E-state index is 12.4. The predicted molar refractivity (Wildman–Crippen MR) is 338 cm³/mol. The molecular weight excluding hydrogens is 998 g/mol. The maximum Gasteiger partial charge on any atom is 0.252 e. The molecule has 384 valence electrons. The second-order valence-corrected chi connectivity index (χ2v) is 23.4. The van der Waals surface area contributed by atoms with E-state index in [0.29, 0.717) is 16.8 Å². The molecule has 17 rings (SSSR count). The smallest absolute Gasteiger partial charge is 0.252 e. The molecule has 0 bridgehead atoms. The Morgan fingerprint density at radius 3 is 1.10 bits per heavy atom. The van der Waals surface area contributed by atoms with Gasteiger partial charge in [-0.15, -0.1) is 0 Å². The lowest BCUT2D eigenvalue weighted by Gasteiger charge is -2.42. The Balaban J connectivity index is 0.966. The minimum absolute atomic E-state index is 0.220. The van der Waals surface area contributed by atoms with Gasteiger partial charge < -0.3 is 23.8 Å². The first-order chi connectivity index (χ1) is 40.2. The number of aromatic nitrogens is 2. The zero-order valence-corrected chi connectivity index (χ0v) is 45.6. The van der Waals surface area contributed by atoms with Crippen molar-refractivity contribution in [2.24, 2.45) is 0 Å². The summed E-state index contributed by atoms with van der Waals surface area (Å²) >= 11 is 0. The van der Waals surface area contributed by atoms with E-state index in [4.69, 9.17) is 0 Å². The van der Waals surface area contributed by atoms with Crippen molar-refractivity contribution >= 4 is 118 Å². The van der Waals surface area contributed by atoms with E-state index in [1.165, 1.54) is 22.3 Å². The highest BCUT2D eigenvalue weighted by atomic mass is 15.2. The van der Waals surface area contributed by atoms with Gasteiger partial charge in [0.25, 0.3) is 6.71 Å². The van der Waals surface area contributed by atoms with Gasteiger partial charge >= 0.3 is 0 Å². The van der Waals surface area contributed by atoms with Gasteiger partial charge in [0.2, 0.25) is 0 Å². The molecule has 0 radical (unpaired) electrons. The zero-order chi connectivity index (χ0) is 54.9. The lowest BCUT2D eigenvalue weighted by molar-refractivity contribution is 0.632. The van der Waals surface area contributed by atoms with Gasteiger partial charge in [-0.25, -0.2) is 0 Å². The molecule has 0 amide bonds. The Bertz CT molecular complexity index is 4640. The summed E-state index contributed by atoms with van der Waals surface area (Å²) in [6, 6.07) is 88.5. The lowest BCUT2D eigenvalue weighted by Crippen LogP contribution is -2.60. The first-order valence-electron chi connectivity index (χ1n) is 28.3. The molecule has 0 fully saturated rings. The summed E-state index contributed by atoms with van der Waals surface area (Å²) in [7, 11) is 0. The van der Waals surface area contributed by atoms with Crippen LogP contribution in [0, 0.1) is 22.7 Å². The van der Waals surface area contributed by atoms with Gasteiger partial charge in [0.1, 0.15) is 23.3 Å². The van der Waals surface area contributed by atoms with Crippen LogP contribution in [-0.4, -0.2) is 15.8 Å². The van der Waals surface area contributed by atoms with Crippen molar-refractivity contribution in [1.29, 1.82) is 10.5 Å². The highest BCUT2D eigenvalue weighted by molar-refractivity contribution is 7.00. The van der Waals surface area contributed by atoms with Crippen molar-refractivity contribution in [3.05, 3.63) is 264 Å². The Morgan fingerprint density at radius 1 is 0.378 bits per heavy atom. The molecule has 4 aliphatic heterocycles. The predicted octanol–water partition coefficient (Wildman–Crippen LogP) is 16.5. The van der Waals surface area contributed by atoms with Gasteiger partial charge in [-0.2, -0.15) is 10.5 Å². The Morgan fingerprint density at radius 2 is 0.720 bits per heavy atom. The molecule has 11 aromatic carbocycles. The summed E-state index contributed by atoms with van der Waals surface area (Å²) in [6.07, 6.45) is 0. The number of rotatable bonds is 5. The minimum Gasteiger partial charge on any atom is -0.310 e. The van der Waals surface area contributed by atoms with E-state index in [1.54, 1.807) is 0 Å². The number of hydrogen-bond donors (Lipinski definition) is 0. The van der Waals surface area contributed by atoms with E-state index in [1.807, 2.05) is 0 Å². The molecule has 0 saturated heterocycles. The van der Waals surface area contributed by atoms with Crippen LogP contribution >= 0.6 is 0 Å². The van der Waals surface area contributed by atoms with Crippen LogP contribution in [0.3, 0.4) is 0 Å². The molecule has 0 saturated carbocycles. The number of para-hydroxylation sites is 8. The quantitative estimate of drug-likeness (QED) is 0.161. The molecule has 0 aliphatic carbocycles. The molecule has 0 atom stereocenters. The van der Waals surface area contributed by atoms with Crippen LogP contribution in [-0.2, 0) is 10.8 Å². The summed E-state index contributed by atoms with van der Waals surface area (Å²) in [5, 5.41) is 29.2. The van der Waals surface area contributed by atoms with Gasteiger partial charge in [0.15, 0.2) is 0 Å². The molecule has 7 nitrogen and oxygen atoms in total. The fraction of sp³-hybridized carbons (Fsp3) is 0.0811. The third-order valence-corrected chi connectivity index (χ3v) is 18.7. The van der Waals surface area contributed by atoms with Crippen LogP contribution in [0.5, 0.6) is 0 Å². The molecule has 0 spiro atoms. The van der Waals surface area contributed by atoms with E-state index >= 15 is 0 Å². The topological polar surface area (TPSA) is 67.2 Å². The zero-order valence-electron chi connectivity index (χ0n) is 45.6. The molecule has 0 unspecified atom stereocenters. The fourth-order valence-corrected chi connectivity index (χ4v) is 15.2. The third-order valence-electron chi connectivity index (χ3n) is 18.7. The average molecular weight is 1050 g/mol. The summed E-state index contributed by atoms with van der Waals surface area (Å²) in [6.45, 7) is 8.97. The second-order valence-electron chi connectivity index (χ2n) is 23.4. The largest absolute Gasteiger partial charge is 0.310 e. The number of fused-ring (bicyclic) bond motifs is 14. The Kier molecular flexibility index (Phi) is 9.34. The first-order valence-corrected chi connectivity index (χ1v) is 28.3. The van der Waals surface area contributed by atoms with E-state index < -0.39 is 0 Å². The molecule has 6 heterocycles. The van der Waals surface area contributed by atoms with Gasteiger partial charge in [0, 0.05) is 66.2 Å². The Hall–Kier alpha value is -10.5. The highest BCUT2D eigenvalue weighted by Gasteiger charge is 2.46. The van der Waals surface area contributed by atoms with Crippen LogP contribution in [0.1, 0.15) is 61.1 Å². The second kappa shape index (κ2) is 16.5. The normalized spacial score (nSPS) is 14.4. The minimum atomic E-state index is -0.271. The molecule has 8 heteroatoms. The lowest BCUT2D eigenvalue weighted by atomic mass is 9.34. The van der Waals surface area contributed by atoms with E-state index in [9.17, 15) is 10.5 Å².